The van der Waals surface area contributed by atoms with E-state index in [-0.39, 0.29) is 24.9 Å². The fourth-order valence-electron chi connectivity index (χ4n) is 2.88. The van der Waals surface area contributed by atoms with E-state index in [1.807, 2.05) is 0 Å². The predicted molar refractivity (Wildman–Crippen MR) is 111 cm³/mol. The maximum absolute atomic E-state index is 14.3. The lowest BCUT2D eigenvalue weighted by atomic mass is 9.87. The Balaban J connectivity index is 3.36. The Morgan fingerprint density at radius 2 is 1.83 bits per heavy atom. The zero-order valence-electron chi connectivity index (χ0n) is 16.9. The number of carbonyl (C=O) groups is 1. The van der Waals surface area contributed by atoms with Gasteiger partial charge in [0, 0.05) is 23.4 Å². The summed E-state index contributed by atoms with van der Waals surface area (Å²) in [6, 6.07) is 3.51. The van der Waals surface area contributed by atoms with Crippen LogP contribution in [0.25, 0.3) is 0 Å². The van der Waals surface area contributed by atoms with Crippen molar-refractivity contribution in [2.24, 2.45) is 5.73 Å². The van der Waals surface area contributed by atoms with Gasteiger partial charge < -0.3 is 15.6 Å². The van der Waals surface area contributed by atoms with Crippen molar-refractivity contribution < 1.29 is 27.5 Å². The van der Waals surface area contributed by atoms with E-state index < -0.39 is 35.9 Å². The van der Waals surface area contributed by atoms with Crippen LogP contribution in [-0.2, 0) is 10.3 Å². The maximum atomic E-state index is 14.3. The molecule has 0 spiro atoms. The molecule has 0 amide bonds. The van der Waals surface area contributed by atoms with Gasteiger partial charge in [0.1, 0.15) is 12.0 Å². The van der Waals surface area contributed by atoms with Crippen LogP contribution in [0.3, 0.4) is 0 Å². The minimum atomic E-state index is -4.89. The number of halogens is 5. The Morgan fingerprint density at radius 3 is 2.30 bits per heavy atom. The molecule has 0 unspecified atom stereocenters. The lowest BCUT2D eigenvalue weighted by molar-refractivity contribution is -0.184. The van der Waals surface area contributed by atoms with Gasteiger partial charge in [-0.15, -0.1) is 5.92 Å². The zero-order chi connectivity index (χ0) is 23.0. The van der Waals surface area contributed by atoms with Crippen LogP contribution in [0.2, 0.25) is 0 Å². The third kappa shape index (κ3) is 7.99. The van der Waals surface area contributed by atoms with Crippen LogP contribution in [0.5, 0.6) is 0 Å². The number of nitrogens with one attached hydrogen (secondary N) is 1. The number of aliphatic hydroxyl groups is 1. The van der Waals surface area contributed by atoms with Crippen LogP contribution in [0.4, 0.5) is 17.6 Å². The van der Waals surface area contributed by atoms with E-state index in [0.29, 0.717) is 17.3 Å². The summed E-state index contributed by atoms with van der Waals surface area (Å²) in [4.78, 5) is 11.5. The first-order chi connectivity index (χ1) is 13.8. The van der Waals surface area contributed by atoms with Crippen molar-refractivity contribution in [2.75, 3.05) is 6.61 Å². The van der Waals surface area contributed by atoms with Gasteiger partial charge in [0.2, 0.25) is 5.54 Å². The molecule has 30 heavy (non-hydrogen) atoms. The van der Waals surface area contributed by atoms with Crippen molar-refractivity contribution in [3.8, 4) is 11.8 Å². The maximum Gasteiger partial charge on any atom is 0.422 e. The van der Waals surface area contributed by atoms with Gasteiger partial charge in [-0.05, 0) is 44.4 Å². The highest BCUT2D eigenvalue weighted by Crippen LogP contribution is 2.40. The molecular weight excluding hydrogens is 468 g/mol. The quantitative estimate of drug-likeness (QED) is 0.199. The lowest BCUT2D eigenvalue weighted by Gasteiger charge is -2.36. The Labute approximate surface area is 182 Å². The normalized spacial score (nSPS) is 16.2. The molecule has 0 saturated carbocycles. The number of unbranched alkanes of at least 4 members (excludes halogenated alkanes) is 1. The molecule has 1 rings (SSSR count). The Bertz CT molecular complexity index is 739. The molecule has 0 aromatic heterocycles. The van der Waals surface area contributed by atoms with E-state index in [9.17, 15) is 22.4 Å². The van der Waals surface area contributed by atoms with Crippen molar-refractivity contribution in [3.63, 3.8) is 0 Å². The smallest absolute Gasteiger partial charge is 0.395 e. The van der Waals surface area contributed by atoms with Crippen LogP contribution in [0.15, 0.2) is 28.7 Å². The molecule has 0 aliphatic rings. The van der Waals surface area contributed by atoms with E-state index in [1.165, 1.54) is 38.1 Å². The van der Waals surface area contributed by atoms with Gasteiger partial charge in [0.15, 0.2) is 0 Å². The number of benzene rings is 1. The average molecular weight is 495 g/mol. The first-order valence-electron chi connectivity index (χ1n) is 9.46. The summed E-state index contributed by atoms with van der Waals surface area (Å²) < 4.78 is 57.7. The summed E-state index contributed by atoms with van der Waals surface area (Å²) in [5.74, 6) is 4.79. The van der Waals surface area contributed by atoms with Gasteiger partial charge in [0.25, 0.3) is 0 Å². The third-order valence-corrected chi connectivity index (χ3v) is 4.89. The van der Waals surface area contributed by atoms with E-state index in [0.717, 1.165) is 0 Å². The molecule has 0 radical (unpaired) electrons. The number of carbonyl (C=O) groups excluding carboxylic acids is 1. The molecule has 1 aromatic rings. The van der Waals surface area contributed by atoms with E-state index >= 15 is 0 Å². The van der Waals surface area contributed by atoms with Crippen molar-refractivity contribution >= 4 is 22.2 Å². The second-order valence-electron chi connectivity index (χ2n) is 7.70. The monoisotopic (exact) mass is 494 g/mol. The summed E-state index contributed by atoms with van der Waals surface area (Å²) in [7, 11) is 0. The van der Waals surface area contributed by atoms with Gasteiger partial charge in [-0.3, -0.25) is 5.32 Å². The van der Waals surface area contributed by atoms with Crippen LogP contribution >= 0.6 is 15.9 Å². The molecule has 3 atom stereocenters. The lowest BCUT2D eigenvalue weighted by Crippen LogP contribution is -2.58. The summed E-state index contributed by atoms with van der Waals surface area (Å²) in [6.07, 6.45) is -4.15. The standard InChI is InChI=1S/C21H27BrF4N2O2/c1-19(2,23)12-18(14-30)28-20(21(24,25)26,15-7-9-16(22)10-8-15)11-5-3-4-6-17(27)13-29/h7-10,14,17-18,28-29H,3-4,6,12-13,27H2,1-2H3/t17-,18-,20-/m0/s1. The SMILES string of the molecule is CC(C)(F)C[C@@H](C=O)N[C@@](C#CCCC[C@H](N)CO)(c1ccc(Br)cc1)C(F)(F)F. The molecule has 0 heterocycles. The number of hydrogen-bond acceptors (Lipinski definition) is 4. The van der Waals surface area contributed by atoms with Gasteiger partial charge >= 0.3 is 6.18 Å². The molecule has 1 aromatic carbocycles. The Morgan fingerprint density at radius 1 is 1.23 bits per heavy atom. The molecule has 0 fully saturated rings. The van der Waals surface area contributed by atoms with E-state index in [2.05, 4.69) is 33.1 Å². The third-order valence-electron chi connectivity index (χ3n) is 4.36. The van der Waals surface area contributed by atoms with Gasteiger partial charge in [-0.2, -0.15) is 13.2 Å². The predicted octanol–water partition coefficient (Wildman–Crippen LogP) is 4.00. The molecule has 0 aliphatic carbocycles. The summed E-state index contributed by atoms with van der Waals surface area (Å²) in [5.41, 5.74) is 0.666. The second-order valence-corrected chi connectivity index (χ2v) is 8.62. The van der Waals surface area contributed by atoms with Crippen LogP contribution in [-0.4, -0.2) is 41.9 Å². The number of alkyl halides is 4. The molecule has 4 nitrogen and oxygen atoms in total. The van der Waals surface area contributed by atoms with Crippen LogP contribution < -0.4 is 11.1 Å². The van der Waals surface area contributed by atoms with Crippen molar-refractivity contribution in [3.05, 3.63) is 34.3 Å². The van der Waals surface area contributed by atoms with Crippen molar-refractivity contribution in [2.45, 2.75) is 69.0 Å². The van der Waals surface area contributed by atoms with Gasteiger partial charge in [-0.25, -0.2) is 4.39 Å². The van der Waals surface area contributed by atoms with E-state index in [4.69, 9.17) is 10.8 Å². The average Bonchev–Trinajstić information content (AvgIpc) is 2.64. The highest BCUT2D eigenvalue weighted by Gasteiger charge is 2.56. The van der Waals surface area contributed by atoms with Crippen molar-refractivity contribution in [1.29, 1.82) is 0 Å². The number of hydrogen-bond donors (Lipinski definition) is 3. The van der Waals surface area contributed by atoms with Crippen molar-refractivity contribution in [1.82, 2.24) is 5.32 Å². The molecule has 0 bridgehead atoms. The highest BCUT2D eigenvalue weighted by atomic mass is 79.9. The summed E-state index contributed by atoms with van der Waals surface area (Å²) >= 11 is 3.18. The van der Waals surface area contributed by atoms with E-state index in [1.54, 1.807) is 0 Å². The number of aliphatic hydroxyl groups excluding tert-OH is 1. The molecule has 0 aliphatic heterocycles. The van der Waals surface area contributed by atoms with Crippen LogP contribution in [0, 0.1) is 11.8 Å². The molecule has 4 N–H and O–H groups in total. The minimum absolute atomic E-state index is 0.115. The first-order valence-corrected chi connectivity index (χ1v) is 10.2. The number of aldehydes is 1. The van der Waals surface area contributed by atoms with Gasteiger partial charge in [0.05, 0.1) is 12.6 Å². The van der Waals surface area contributed by atoms with Crippen LogP contribution in [0.1, 0.15) is 45.1 Å². The topological polar surface area (TPSA) is 75.4 Å². The molecule has 0 saturated heterocycles. The second kappa shape index (κ2) is 11.2. The molecule has 9 heteroatoms. The summed E-state index contributed by atoms with van der Waals surface area (Å²) in [6.45, 7) is 2.16. The Hall–Kier alpha value is -1.47. The van der Waals surface area contributed by atoms with Gasteiger partial charge in [-0.1, -0.05) is 34.0 Å². The first kappa shape index (κ1) is 26.6. The minimum Gasteiger partial charge on any atom is -0.395 e. The largest absolute Gasteiger partial charge is 0.422 e. The number of rotatable bonds is 10. The molecule has 168 valence electrons. The molecular formula is C21H27BrF4N2O2. The Kier molecular flexibility index (Phi) is 9.95. The fourth-order valence-corrected chi connectivity index (χ4v) is 3.15. The number of nitrogens with two attached hydrogens (primary N) is 1. The highest BCUT2D eigenvalue weighted by molar-refractivity contribution is 9.10. The zero-order valence-corrected chi connectivity index (χ0v) is 18.5. The fraction of sp³-hybridized carbons (Fsp3) is 0.571. The summed E-state index contributed by atoms with van der Waals surface area (Å²) in [5, 5.41) is 11.2.